The molecule has 0 aliphatic heterocycles. The fourth-order valence-electron chi connectivity index (χ4n) is 2.24. The third kappa shape index (κ3) is 5.75. The first kappa shape index (κ1) is 20.8. The average molecular weight is 403 g/mol. The van der Waals surface area contributed by atoms with Crippen molar-refractivity contribution in [3.05, 3.63) is 63.1 Å². The number of nitriles is 1. The van der Waals surface area contributed by atoms with Crippen LogP contribution in [0.5, 0.6) is 5.75 Å². The van der Waals surface area contributed by atoms with Gasteiger partial charge in [0.1, 0.15) is 17.4 Å². The van der Waals surface area contributed by atoms with E-state index in [0.29, 0.717) is 27.0 Å². The van der Waals surface area contributed by atoms with Gasteiger partial charge in [-0.05, 0) is 61.7 Å². The van der Waals surface area contributed by atoms with Crippen molar-refractivity contribution in [1.82, 2.24) is 0 Å². The van der Waals surface area contributed by atoms with E-state index in [1.807, 2.05) is 26.8 Å². The Hall–Kier alpha value is -2.48. The van der Waals surface area contributed by atoms with Crippen molar-refractivity contribution in [3.63, 3.8) is 0 Å². The van der Waals surface area contributed by atoms with E-state index in [9.17, 15) is 10.1 Å². The summed E-state index contributed by atoms with van der Waals surface area (Å²) in [5, 5.41) is 13.0. The van der Waals surface area contributed by atoms with E-state index in [-0.39, 0.29) is 11.7 Å². The van der Waals surface area contributed by atoms with Crippen LogP contribution in [0.2, 0.25) is 10.0 Å². The van der Waals surface area contributed by atoms with Gasteiger partial charge >= 0.3 is 0 Å². The zero-order valence-electron chi connectivity index (χ0n) is 15.3. The summed E-state index contributed by atoms with van der Waals surface area (Å²) in [5.41, 5.74) is 2.00. The Kier molecular flexibility index (Phi) is 7.29. The van der Waals surface area contributed by atoms with Crippen LogP contribution in [-0.2, 0) is 4.79 Å². The number of anilines is 1. The van der Waals surface area contributed by atoms with Crippen LogP contribution in [0.25, 0.3) is 6.08 Å². The zero-order valence-corrected chi connectivity index (χ0v) is 16.9. The molecule has 2 rings (SSSR count). The van der Waals surface area contributed by atoms with Crippen molar-refractivity contribution >= 4 is 40.9 Å². The monoisotopic (exact) mass is 402 g/mol. The Balaban J connectivity index is 2.22. The highest BCUT2D eigenvalue weighted by Crippen LogP contribution is 2.28. The molecule has 0 aliphatic rings. The number of ether oxygens (including phenoxy) is 1. The molecule has 0 spiro atoms. The first-order valence-corrected chi connectivity index (χ1v) is 9.25. The predicted molar refractivity (Wildman–Crippen MR) is 110 cm³/mol. The van der Waals surface area contributed by atoms with Gasteiger partial charge < -0.3 is 10.1 Å². The summed E-state index contributed by atoms with van der Waals surface area (Å²) >= 11 is 12.2. The van der Waals surface area contributed by atoms with Gasteiger partial charge in [0, 0.05) is 10.7 Å². The van der Waals surface area contributed by atoms with Gasteiger partial charge in [0.25, 0.3) is 5.91 Å². The molecule has 1 N–H and O–H groups in total. The van der Waals surface area contributed by atoms with Crippen molar-refractivity contribution < 1.29 is 9.53 Å². The minimum atomic E-state index is -0.515. The minimum absolute atomic E-state index is 0.0407. The van der Waals surface area contributed by atoms with E-state index in [4.69, 9.17) is 27.9 Å². The highest BCUT2D eigenvalue weighted by molar-refractivity contribution is 6.32. The standard InChI is InChI=1S/C21H20Cl2N2O2/c1-4-14(3)27-20-8-6-15(10-18(20)23)9-16(12-24)21(26)25-19-11-17(22)7-5-13(19)2/h5-11,14H,4H2,1-3H3,(H,25,26)/b16-9+/t14-/m1/s1. The lowest BCUT2D eigenvalue weighted by atomic mass is 10.1. The van der Waals surface area contributed by atoms with Crippen molar-refractivity contribution in [2.24, 2.45) is 0 Å². The summed E-state index contributed by atoms with van der Waals surface area (Å²) in [7, 11) is 0. The topological polar surface area (TPSA) is 62.1 Å². The zero-order chi connectivity index (χ0) is 20.0. The van der Waals surface area contributed by atoms with Gasteiger partial charge in [0.05, 0.1) is 11.1 Å². The molecule has 2 aromatic rings. The molecule has 0 aliphatic carbocycles. The molecule has 0 fully saturated rings. The molecule has 6 heteroatoms. The molecule has 0 bridgehead atoms. The van der Waals surface area contributed by atoms with Crippen LogP contribution in [-0.4, -0.2) is 12.0 Å². The van der Waals surface area contributed by atoms with Gasteiger partial charge in [-0.25, -0.2) is 0 Å². The molecule has 4 nitrogen and oxygen atoms in total. The molecule has 1 amide bonds. The fraction of sp³-hybridized carbons (Fsp3) is 0.238. The van der Waals surface area contributed by atoms with Gasteiger partial charge in [0.15, 0.2) is 0 Å². The Morgan fingerprint density at radius 1 is 1.30 bits per heavy atom. The Morgan fingerprint density at radius 2 is 2.04 bits per heavy atom. The summed E-state index contributed by atoms with van der Waals surface area (Å²) in [4.78, 5) is 12.4. The van der Waals surface area contributed by atoms with E-state index in [1.165, 1.54) is 6.08 Å². The Bertz CT molecular complexity index is 917. The van der Waals surface area contributed by atoms with Crippen LogP contribution in [0.1, 0.15) is 31.4 Å². The molecule has 0 saturated heterocycles. The second kappa shape index (κ2) is 9.45. The molecule has 0 saturated carbocycles. The lowest BCUT2D eigenvalue weighted by Gasteiger charge is -2.14. The highest BCUT2D eigenvalue weighted by atomic mass is 35.5. The van der Waals surface area contributed by atoms with Crippen LogP contribution >= 0.6 is 23.2 Å². The van der Waals surface area contributed by atoms with Gasteiger partial charge in [-0.1, -0.05) is 42.3 Å². The molecular weight excluding hydrogens is 383 g/mol. The van der Waals surface area contributed by atoms with E-state index >= 15 is 0 Å². The molecule has 0 radical (unpaired) electrons. The molecular formula is C21H20Cl2N2O2. The molecule has 0 heterocycles. The Labute approximate surface area is 169 Å². The maximum atomic E-state index is 12.4. The molecule has 27 heavy (non-hydrogen) atoms. The second-order valence-electron chi connectivity index (χ2n) is 6.11. The lowest BCUT2D eigenvalue weighted by Crippen LogP contribution is -2.14. The van der Waals surface area contributed by atoms with Crippen LogP contribution < -0.4 is 10.1 Å². The third-order valence-corrected chi connectivity index (χ3v) is 4.51. The summed E-state index contributed by atoms with van der Waals surface area (Å²) in [6.45, 7) is 5.83. The number of aryl methyl sites for hydroxylation is 1. The third-order valence-electron chi connectivity index (χ3n) is 3.98. The maximum Gasteiger partial charge on any atom is 0.266 e. The number of rotatable bonds is 6. The number of amides is 1. The quantitative estimate of drug-likeness (QED) is 0.474. The normalized spacial score (nSPS) is 12.2. The molecule has 0 unspecified atom stereocenters. The van der Waals surface area contributed by atoms with Crippen LogP contribution in [0, 0.1) is 18.3 Å². The number of nitrogens with zero attached hydrogens (tertiary/aromatic N) is 1. The van der Waals surface area contributed by atoms with Crippen LogP contribution in [0.15, 0.2) is 42.0 Å². The lowest BCUT2D eigenvalue weighted by molar-refractivity contribution is -0.112. The van der Waals surface area contributed by atoms with Crippen LogP contribution in [0.4, 0.5) is 5.69 Å². The van der Waals surface area contributed by atoms with Gasteiger partial charge in [-0.2, -0.15) is 5.26 Å². The largest absolute Gasteiger partial charge is 0.489 e. The van der Waals surface area contributed by atoms with Gasteiger partial charge in [-0.3, -0.25) is 4.79 Å². The van der Waals surface area contributed by atoms with Crippen molar-refractivity contribution in [1.29, 1.82) is 5.26 Å². The van der Waals surface area contributed by atoms with Crippen molar-refractivity contribution in [3.8, 4) is 11.8 Å². The average Bonchev–Trinajstić information content (AvgIpc) is 2.64. The van der Waals surface area contributed by atoms with Gasteiger partial charge in [-0.15, -0.1) is 0 Å². The van der Waals surface area contributed by atoms with E-state index < -0.39 is 5.91 Å². The van der Waals surface area contributed by atoms with Crippen molar-refractivity contribution in [2.45, 2.75) is 33.3 Å². The maximum absolute atomic E-state index is 12.4. The number of carbonyl (C=O) groups excluding carboxylic acids is 1. The van der Waals surface area contributed by atoms with E-state index in [1.54, 1.807) is 36.4 Å². The summed E-state index contributed by atoms with van der Waals surface area (Å²) < 4.78 is 5.72. The predicted octanol–water partition coefficient (Wildman–Crippen LogP) is 6.02. The molecule has 0 aromatic heterocycles. The minimum Gasteiger partial charge on any atom is -0.489 e. The SMILES string of the molecule is CC[C@@H](C)Oc1ccc(/C=C(\C#N)C(=O)Nc2cc(Cl)ccc2C)cc1Cl. The summed E-state index contributed by atoms with van der Waals surface area (Å²) in [6, 6.07) is 12.2. The van der Waals surface area contributed by atoms with Crippen molar-refractivity contribution in [2.75, 3.05) is 5.32 Å². The first-order valence-electron chi connectivity index (χ1n) is 8.49. The first-order chi connectivity index (χ1) is 12.8. The molecule has 140 valence electrons. The number of halogens is 2. The van der Waals surface area contributed by atoms with Crippen LogP contribution in [0.3, 0.4) is 0 Å². The number of benzene rings is 2. The van der Waals surface area contributed by atoms with E-state index in [2.05, 4.69) is 5.32 Å². The Morgan fingerprint density at radius 3 is 2.67 bits per heavy atom. The number of hydrogen-bond donors (Lipinski definition) is 1. The summed E-state index contributed by atoms with van der Waals surface area (Å²) in [5.74, 6) is 0.0552. The smallest absolute Gasteiger partial charge is 0.266 e. The highest BCUT2D eigenvalue weighted by Gasteiger charge is 2.12. The fourth-order valence-corrected chi connectivity index (χ4v) is 2.64. The number of nitrogens with one attached hydrogen (secondary N) is 1. The summed E-state index contributed by atoms with van der Waals surface area (Å²) in [6.07, 6.45) is 2.39. The van der Waals surface area contributed by atoms with Gasteiger partial charge in [0.2, 0.25) is 0 Å². The second-order valence-corrected chi connectivity index (χ2v) is 6.95. The number of hydrogen-bond acceptors (Lipinski definition) is 3. The number of carbonyl (C=O) groups is 1. The van der Waals surface area contributed by atoms with E-state index in [0.717, 1.165) is 12.0 Å². The molecule has 2 aromatic carbocycles. The molecule has 1 atom stereocenters.